The van der Waals surface area contributed by atoms with E-state index in [1.54, 1.807) is 0 Å². The Kier molecular flexibility index (Phi) is 7.87. The number of aliphatic hydroxyl groups excluding tert-OH is 1. The fourth-order valence-corrected chi connectivity index (χ4v) is 2.76. The van der Waals surface area contributed by atoms with Gasteiger partial charge in [-0.25, -0.2) is 0 Å². The standard InChI is InChI=1S/C15H31NO/c1-3-4-5-6-9-13(2)16-12-14-10-7-8-11-15(14)17/h13-17H,3-12H2,1-2H3. The summed E-state index contributed by atoms with van der Waals surface area (Å²) in [6, 6.07) is 0.612. The Morgan fingerprint density at radius 2 is 1.94 bits per heavy atom. The molecule has 3 unspecified atom stereocenters. The van der Waals surface area contributed by atoms with Gasteiger partial charge in [0, 0.05) is 12.6 Å². The third kappa shape index (κ3) is 6.42. The van der Waals surface area contributed by atoms with Crippen LogP contribution in [-0.4, -0.2) is 23.8 Å². The Hall–Kier alpha value is -0.0800. The number of hydrogen-bond donors (Lipinski definition) is 2. The Morgan fingerprint density at radius 1 is 1.18 bits per heavy atom. The molecule has 0 aliphatic heterocycles. The van der Waals surface area contributed by atoms with Crippen LogP contribution >= 0.6 is 0 Å². The molecular weight excluding hydrogens is 210 g/mol. The molecule has 1 rings (SSSR count). The molecule has 0 spiro atoms. The summed E-state index contributed by atoms with van der Waals surface area (Å²) in [5.74, 6) is 0.502. The molecule has 17 heavy (non-hydrogen) atoms. The van der Waals surface area contributed by atoms with Crippen molar-refractivity contribution >= 4 is 0 Å². The highest BCUT2D eigenvalue weighted by Gasteiger charge is 2.22. The van der Waals surface area contributed by atoms with E-state index in [9.17, 15) is 5.11 Å². The van der Waals surface area contributed by atoms with Crippen molar-refractivity contribution in [2.24, 2.45) is 5.92 Å². The Balaban J connectivity index is 2.03. The van der Waals surface area contributed by atoms with Crippen molar-refractivity contribution in [2.45, 2.75) is 83.8 Å². The first-order chi connectivity index (χ1) is 8.24. The molecule has 0 aromatic heterocycles. The van der Waals surface area contributed by atoms with E-state index in [2.05, 4.69) is 19.2 Å². The molecule has 1 aliphatic rings. The maximum atomic E-state index is 9.89. The topological polar surface area (TPSA) is 32.3 Å². The van der Waals surface area contributed by atoms with Crippen LogP contribution in [0.15, 0.2) is 0 Å². The summed E-state index contributed by atoms with van der Waals surface area (Å²) >= 11 is 0. The lowest BCUT2D eigenvalue weighted by atomic mass is 9.86. The van der Waals surface area contributed by atoms with Gasteiger partial charge in [0.05, 0.1) is 6.10 Å². The molecule has 1 aliphatic carbocycles. The van der Waals surface area contributed by atoms with E-state index in [1.807, 2.05) is 0 Å². The fourth-order valence-electron chi connectivity index (χ4n) is 2.76. The first kappa shape index (κ1) is 15.0. The van der Waals surface area contributed by atoms with E-state index in [0.717, 1.165) is 13.0 Å². The number of aliphatic hydroxyl groups is 1. The lowest BCUT2D eigenvalue weighted by molar-refractivity contribution is 0.0682. The van der Waals surface area contributed by atoms with Gasteiger partial charge in [-0.2, -0.15) is 0 Å². The molecular formula is C15H31NO. The van der Waals surface area contributed by atoms with Crippen LogP contribution in [0, 0.1) is 5.92 Å². The van der Waals surface area contributed by atoms with Crippen molar-refractivity contribution in [3.63, 3.8) is 0 Å². The van der Waals surface area contributed by atoms with Crippen LogP contribution in [0.3, 0.4) is 0 Å². The van der Waals surface area contributed by atoms with Gasteiger partial charge in [0.1, 0.15) is 0 Å². The summed E-state index contributed by atoms with van der Waals surface area (Å²) in [5.41, 5.74) is 0. The second-order valence-corrected chi connectivity index (χ2v) is 5.77. The average molecular weight is 241 g/mol. The number of nitrogens with one attached hydrogen (secondary N) is 1. The maximum Gasteiger partial charge on any atom is 0.0580 e. The third-order valence-electron chi connectivity index (χ3n) is 4.09. The average Bonchev–Trinajstić information content (AvgIpc) is 2.34. The Morgan fingerprint density at radius 3 is 2.65 bits per heavy atom. The lowest BCUT2D eigenvalue weighted by Crippen LogP contribution is -2.37. The van der Waals surface area contributed by atoms with Crippen LogP contribution in [0.1, 0.15) is 71.6 Å². The van der Waals surface area contributed by atoms with Gasteiger partial charge in [0.2, 0.25) is 0 Å². The molecule has 2 N–H and O–H groups in total. The van der Waals surface area contributed by atoms with Crippen LogP contribution in [0.25, 0.3) is 0 Å². The molecule has 0 aromatic rings. The van der Waals surface area contributed by atoms with Gasteiger partial charge in [-0.1, -0.05) is 45.4 Å². The smallest absolute Gasteiger partial charge is 0.0580 e. The predicted molar refractivity (Wildman–Crippen MR) is 74.2 cm³/mol. The van der Waals surface area contributed by atoms with E-state index in [1.165, 1.54) is 51.4 Å². The van der Waals surface area contributed by atoms with Gasteiger partial charge in [-0.05, 0) is 32.1 Å². The molecule has 2 nitrogen and oxygen atoms in total. The SMILES string of the molecule is CCCCCCC(C)NCC1CCCCC1O. The largest absolute Gasteiger partial charge is 0.393 e. The van der Waals surface area contributed by atoms with E-state index in [4.69, 9.17) is 0 Å². The Labute approximate surface area is 107 Å². The zero-order valence-electron chi connectivity index (χ0n) is 11.8. The fraction of sp³-hybridized carbons (Fsp3) is 1.00. The molecule has 0 bridgehead atoms. The highest BCUT2D eigenvalue weighted by Crippen LogP contribution is 2.23. The van der Waals surface area contributed by atoms with Crippen molar-refractivity contribution in [3.05, 3.63) is 0 Å². The first-order valence-electron chi connectivity index (χ1n) is 7.65. The summed E-state index contributed by atoms with van der Waals surface area (Å²) < 4.78 is 0. The summed E-state index contributed by atoms with van der Waals surface area (Å²) in [6.45, 7) is 5.55. The summed E-state index contributed by atoms with van der Waals surface area (Å²) in [7, 11) is 0. The molecule has 1 saturated carbocycles. The van der Waals surface area contributed by atoms with Crippen LogP contribution in [0.4, 0.5) is 0 Å². The van der Waals surface area contributed by atoms with Crippen molar-refractivity contribution in [1.29, 1.82) is 0 Å². The monoisotopic (exact) mass is 241 g/mol. The van der Waals surface area contributed by atoms with Gasteiger partial charge < -0.3 is 10.4 Å². The summed E-state index contributed by atoms with van der Waals surface area (Å²) in [4.78, 5) is 0. The highest BCUT2D eigenvalue weighted by atomic mass is 16.3. The van der Waals surface area contributed by atoms with E-state index < -0.39 is 0 Å². The van der Waals surface area contributed by atoms with Gasteiger partial charge in [0.15, 0.2) is 0 Å². The molecule has 102 valence electrons. The normalized spacial score (nSPS) is 27.0. The van der Waals surface area contributed by atoms with Gasteiger partial charge >= 0.3 is 0 Å². The second kappa shape index (κ2) is 8.93. The molecule has 0 saturated heterocycles. The van der Waals surface area contributed by atoms with Crippen LogP contribution in [-0.2, 0) is 0 Å². The van der Waals surface area contributed by atoms with Gasteiger partial charge in [-0.3, -0.25) is 0 Å². The zero-order chi connectivity index (χ0) is 12.5. The highest BCUT2D eigenvalue weighted by molar-refractivity contribution is 4.77. The van der Waals surface area contributed by atoms with E-state index in [0.29, 0.717) is 12.0 Å². The summed E-state index contributed by atoms with van der Waals surface area (Å²) in [6.07, 6.45) is 11.4. The van der Waals surface area contributed by atoms with E-state index >= 15 is 0 Å². The predicted octanol–water partition coefficient (Wildman–Crippen LogP) is 3.49. The van der Waals surface area contributed by atoms with Crippen LogP contribution in [0.5, 0.6) is 0 Å². The molecule has 0 amide bonds. The molecule has 0 heterocycles. The molecule has 1 fully saturated rings. The third-order valence-corrected chi connectivity index (χ3v) is 4.09. The molecule has 3 atom stereocenters. The molecule has 0 aromatic carbocycles. The minimum Gasteiger partial charge on any atom is -0.393 e. The minimum atomic E-state index is -0.0523. The lowest BCUT2D eigenvalue weighted by Gasteiger charge is -2.29. The quantitative estimate of drug-likeness (QED) is 0.638. The Bertz CT molecular complexity index is 184. The summed E-state index contributed by atoms with van der Waals surface area (Å²) in [5, 5.41) is 13.5. The van der Waals surface area contributed by atoms with Gasteiger partial charge in [0.25, 0.3) is 0 Å². The number of rotatable bonds is 8. The number of hydrogen-bond acceptors (Lipinski definition) is 2. The van der Waals surface area contributed by atoms with Crippen molar-refractivity contribution in [2.75, 3.05) is 6.54 Å². The van der Waals surface area contributed by atoms with Gasteiger partial charge in [-0.15, -0.1) is 0 Å². The first-order valence-corrected chi connectivity index (χ1v) is 7.65. The van der Waals surface area contributed by atoms with Crippen molar-refractivity contribution in [1.82, 2.24) is 5.32 Å². The number of unbranched alkanes of at least 4 members (excludes halogenated alkanes) is 3. The van der Waals surface area contributed by atoms with Crippen LogP contribution in [0.2, 0.25) is 0 Å². The molecule has 2 heteroatoms. The van der Waals surface area contributed by atoms with Crippen molar-refractivity contribution in [3.8, 4) is 0 Å². The molecule has 0 radical (unpaired) electrons. The second-order valence-electron chi connectivity index (χ2n) is 5.77. The van der Waals surface area contributed by atoms with Crippen molar-refractivity contribution < 1.29 is 5.11 Å². The maximum absolute atomic E-state index is 9.89. The minimum absolute atomic E-state index is 0.0523. The zero-order valence-corrected chi connectivity index (χ0v) is 11.8. The van der Waals surface area contributed by atoms with E-state index in [-0.39, 0.29) is 6.10 Å². The van der Waals surface area contributed by atoms with Crippen LogP contribution < -0.4 is 5.32 Å².